The Hall–Kier alpha value is -9.24. The Balaban J connectivity index is 0.997. The van der Waals surface area contributed by atoms with Gasteiger partial charge in [-0.2, -0.15) is 0 Å². The lowest BCUT2D eigenvalue weighted by atomic mass is 9.93. The highest BCUT2D eigenvalue weighted by atomic mass is 15.2. The Labute approximate surface area is 435 Å². The molecule has 0 aliphatic heterocycles. The fourth-order valence-corrected chi connectivity index (χ4v) is 11.1. The van der Waals surface area contributed by atoms with Crippen molar-refractivity contribution in [2.45, 2.75) is 27.7 Å². The van der Waals surface area contributed by atoms with Crippen molar-refractivity contribution < 1.29 is 0 Å². The molecule has 12 aromatic carbocycles. The molecular formula is C72H56N2. The van der Waals surface area contributed by atoms with Crippen molar-refractivity contribution in [2.24, 2.45) is 0 Å². The molecule has 0 aliphatic rings. The average molecular weight is 949 g/mol. The van der Waals surface area contributed by atoms with Crippen molar-refractivity contribution in [1.82, 2.24) is 0 Å². The van der Waals surface area contributed by atoms with E-state index in [4.69, 9.17) is 0 Å². The maximum atomic E-state index is 2.49. The van der Waals surface area contributed by atoms with Gasteiger partial charge in [0.15, 0.2) is 0 Å². The van der Waals surface area contributed by atoms with Gasteiger partial charge < -0.3 is 9.80 Å². The molecule has 0 aliphatic carbocycles. The summed E-state index contributed by atoms with van der Waals surface area (Å²) in [5.74, 6) is 0. The summed E-state index contributed by atoms with van der Waals surface area (Å²) in [7, 11) is 0. The van der Waals surface area contributed by atoms with E-state index in [2.05, 4.69) is 304 Å². The molecule has 0 atom stereocenters. The van der Waals surface area contributed by atoms with Gasteiger partial charge in [0.25, 0.3) is 0 Å². The minimum atomic E-state index is 1.11. The van der Waals surface area contributed by atoms with Crippen LogP contribution in [0.15, 0.2) is 267 Å². The van der Waals surface area contributed by atoms with Gasteiger partial charge in [-0.05, 0) is 165 Å². The molecule has 354 valence electrons. The third-order valence-electron chi connectivity index (χ3n) is 14.7. The number of para-hydroxylation sites is 2. The molecule has 0 radical (unpaired) electrons. The summed E-state index contributed by atoms with van der Waals surface area (Å²) in [4.78, 5) is 4.98. The van der Waals surface area contributed by atoms with E-state index >= 15 is 0 Å². The smallest absolute Gasteiger partial charge is 0.0569 e. The second kappa shape index (κ2) is 19.8. The summed E-state index contributed by atoms with van der Waals surface area (Å²) in [6.07, 6.45) is 0. The van der Waals surface area contributed by atoms with Crippen LogP contribution in [0, 0.1) is 27.7 Å². The lowest BCUT2D eigenvalue weighted by molar-refractivity contribution is 1.22. The van der Waals surface area contributed by atoms with Crippen molar-refractivity contribution >= 4 is 55.7 Å². The third-order valence-corrected chi connectivity index (χ3v) is 14.7. The first kappa shape index (κ1) is 45.9. The Bertz CT molecular complexity index is 3750. The van der Waals surface area contributed by atoms with E-state index in [1.807, 2.05) is 0 Å². The van der Waals surface area contributed by atoms with Crippen molar-refractivity contribution in [3.63, 3.8) is 0 Å². The number of hydrogen-bond acceptors (Lipinski definition) is 2. The van der Waals surface area contributed by atoms with Crippen LogP contribution in [0.4, 0.5) is 34.1 Å². The largest absolute Gasteiger partial charge is 0.309 e. The number of hydrogen-bond donors (Lipinski definition) is 0. The molecule has 0 fully saturated rings. The van der Waals surface area contributed by atoms with E-state index < -0.39 is 0 Å². The number of fused-ring (bicyclic) bond motifs is 2. The summed E-state index contributed by atoms with van der Waals surface area (Å²) < 4.78 is 0. The molecule has 74 heavy (non-hydrogen) atoms. The molecule has 0 amide bonds. The molecule has 0 unspecified atom stereocenters. The van der Waals surface area contributed by atoms with E-state index in [0.717, 1.165) is 22.7 Å². The number of benzene rings is 12. The zero-order valence-corrected chi connectivity index (χ0v) is 42.3. The lowest BCUT2D eigenvalue weighted by Crippen LogP contribution is -2.14. The summed E-state index contributed by atoms with van der Waals surface area (Å²) >= 11 is 0. The van der Waals surface area contributed by atoms with Crippen LogP contribution in [-0.4, -0.2) is 0 Å². The summed E-state index contributed by atoms with van der Waals surface area (Å²) in [6, 6.07) is 97.6. The summed E-state index contributed by atoms with van der Waals surface area (Å²) in [5, 5.41) is 4.93. The zero-order chi connectivity index (χ0) is 50.1. The van der Waals surface area contributed by atoms with Crippen LogP contribution < -0.4 is 9.80 Å². The van der Waals surface area contributed by atoms with E-state index in [9.17, 15) is 0 Å². The number of anilines is 6. The molecule has 12 rings (SSSR count). The quantitative estimate of drug-likeness (QED) is 0.127. The first-order chi connectivity index (χ1) is 36.4. The minimum absolute atomic E-state index is 1.11. The number of nitrogens with zero attached hydrogens (tertiary/aromatic N) is 2. The highest BCUT2D eigenvalue weighted by Gasteiger charge is 2.25. The zero-order valence-electron chi connectivity index (χ0n) is 42.3. The van der Waals surface area contributed by atoms with Gasteiger partial charge in [0.2, 0.25) is 0 Å². The molecule has 2 nitrogen and oxygen atoms in total. The van der Waals surface area contributed by atoms with Crippen molar-refractivity contribution in [2.75, 3.05) is 9.80 Å². The third kappa shape index (κ3) is 8.61. The van der Waals surface area contributed by atoms with Crippen LogP contribution >= 0.6 is 0 Å². The molecule has 2 heteroatoms. The Kier molecular flexibility index (Phi) is 12.2. The van der Waals surface area contributed by atoms with Gasteiger partial charge in [-0.15, -0.1) is 0 Å². The molecule has 0 spiro atoms. The molecule has 0 saturated heterocycles. The normalized spacial score (nSPS) is 11.2. The number of aryl methyl sites for hydroxylation is 4. The molecule has 12 aromatic rings. The van der Waals surface area contributed by atoms with E-state index in [1.54, 1.807) is 0 Å². The molecule has 0 saturated carbocycles. The predicted molar refractivity (Wildman–Crippen MR) is 317 cm³/mol. The SMILES string of the molecule is Cc1cc(-c2ccc(N(c3cccc(-c4ccccc4)c3)c3c(C)cccc3-c3cccc4ccccc34)c(C)c2)ccc1N(c1cccc(-c2ccccc2)c1)c1c(C)cccc1-c1cccc2ccccc12. The Morgan fingerprint density at radius 1 is 0.230 bits per heavy atom. The molecular weight excluding hydrogens is 893 g/mol. The maximum Gasteiger partial charge on any atom is 0.0569 e. The Morgan fingerprint density at radius 2 is 0.568 bits per heavy atom. The predicted octanol–water partition coefficient (Wildman–Crippen LogP) is 20.5. The minimum Gasteiger partial charge on any atom is -0.309 e. The monoisotopic (exact) mass is 948 g/mol. The number of rotatable bonds is 11. The van der Waals surface area contributed by atoms with Crippen LogP contribution in [0.25, 0.3) is 77.2 Å². The molecule has 0 N–H and O–H groups in total. The van der Waals surface area contributed by atoms with Crippen molar-refractivity contribution in [1.29, 1.82) is 0 Å². The van der Waals surface area contributed by atoms with Crippen LogP contribution in [0.5, 0.6) is 0 Å². The van der Waals surface area contributed by atoms with Gasteiger partial charge in [-0.3, -0.25) is 0 Å². The van der Waals surface area contributed by atoms with Crippen LogP contribution in [0.3, 0.4) is 0 Å². The average Bonchev–Trinajstić information content (AvgIpc) is 3.45. The van der Waals surface area contributed by atoms with E-state index in [1.165, 1.54) is 111 Å². The maximum absolute atomic E-state index is 2.49. The molecule has 0 bridgehead atoms. The Morgan fingerprint density at radius 3 is 1.00 bits per heavy atom. The van der Waals surface area contributed by atoms with Crippen molar-refractivity contribution in [3.8, 4) is 55.6 Å². The molecule has 0 heterocycles. The highest BCUT2D eigenvalue weighted by molar-refractivity contribution is 6.04. The van der Waals surface area contributed by atoms with E-state index in [0.29, 0.717) is 0 Å². The van der Waals surface area contributed by atoms with Gasteiger partial charge >= 0.3 is 0 Å². The van der Waals surface area contributed by atoms with Crippen LogP contribution in [0.2, 0.25) is 0 Å². The fraction of sp³-hybridized carbons (Fsp3) is 0.0556. The van der Waals surface area contributed by atoms with Gasteiger partial charge in [0, 0.05) is 33.9 Å². The lowest BCUT2D eigenvalue weighted by Gasteiger charge is -2.32. The first-order valence-corrected chi connectivity index (χ1v) is 25.7. The fourth-order valence-electron chi connectivity index (χ4n) is 11.1. The highest BCUT2D eigenvalue weighted by Crippen LogP contribution is 2.49. The summed E-state index contributed by atoms with van der Waals surface area (Å²) in [5.41, 5.74) is 23.5. The van der Waals surface area contributed by atoms with Gasteiger partial charge in [-0.25, -0.2) is 0 Å². The van der Waals surface area contributed by atoms with Crippen LogP contribution in [-0.2, 0) is 0 Å². The standard InChI is InChI=1S/C72H56N2/c1-49-21-15-39-67(65-37-19-29-55-27-11-13-35-63(55)65)71(49)73(61-33-17-31-57(47-61)53-23-7-5-8-24-53)69-43-41-59(45-51(69)3)60-42-44-70(52(4)46-60)74(62-34-18-32-58(48-62)54-25-9-6-10-26-54)72-50(2)22-16-40-68(72)66-38-20-30-56-28-12-14-36-64(56)66/h5-48H,1-4H3. The van der Waals surface area contributed by atoms with Crippen LogP contribution in [0.1, 0.15) is 22.3 Å². The van der Waals surface area contributed by atoms with Gasteiger partial charge in [-0.1, -0.05) is 218 Å². The van der Waals surface area contributed by atoms with Gasteiger partial charge in [0.1, 0.15) is 0 Å². The van der Waals surface area contributed by atoms with E-state index in [-0.39, 0.29) is 0 Å². The van der Waals surface area contributed by atoms with Gasteiger partial charge in [0.05, 0.1) is 11.4 Å². The summed E-state index contributed by atoms with van der Waals surface area (Å²) in [6.45, 7) is 9.02. The van der Waals surface area contributed by atoms with Crippen molar-refractivity contribution in [3.05, 3.63) is 289 Å². The second-order valence-corrected chi connectivity index (χ2v) is 19.5. The topological polar surface area (TPSA) is 6.48 Å². The molecule has 0 aromatic heterocycles. The first-order valence-electron chi connectivity index (χ1n) is 25.7. The second-order valence-electron chi connectivity index (χ2n) is 19.5.